The highest BCUT2D eigenvalue weighted by molar-refractivity contribution is 5.74. The highest BCUT2D eigenvalue weighted by Crippen LogP contribution is 2.43. The maximum Gasteiger partial charge on any atom is 0.410 e. The van der Waals surface area contributed by atoms with Crippen LogP contribution in [-0.4, -0.2) is 40.9 Å². The van der Waals surface area contributed by atoms with Crippen molar-refractivity contribution in [3.05, 3.63) is 23.3 Å². The lowest BCUT2D eigenvalue weighted by molar-refractivity contribution is 0.0581. The lowest BCUT2D eigenvalue weighted by atomic mass is 10.0. The Morgan fingerprint density at radius 3 is 3.20 bits per heavy atom. The second-order valence-electron chi connectivity index (χ2n) is 4.12. The number of rotatable bonds is 0. The molecule has 1 aliphatic carbocycles. The maximum atomic E-state index is 11.5. The van der Waals surface area contributed by atoms with Gasteiger partial charge in [0.15, 0.2) is 6.10 Å². The highest BCUT2D eigenvalue weighted by atomic mass is 16.6. The molecule has 4 heteroatoms. The zero-order valence-corrected chi connectivity index (χ0v) is 8.51. The number of hydrogen-bond acceptors (Lipinski definition) is 3. The number of amides is 1. The predicted octanol–water partition coefficient (Wildman–Crippen LogP) is 0.827. The number of aliphatic hydroxyl groups is 1. The van der Waals surface area contributed by atoms with Crippen LogP contribution in [0.1, 0.15) is 13.3 Å². The minimum atomic E-state index is -0.654. The van der Waals surface area contributed by atoms with Gasteiger partial charge in [0.2, 0.25) is 0 Å². The van der Waals surface area contributed by atoms with Crippen LogP contribution < -0.4 is 0 Å². The molecule has 3 atom stereocenters. The van der Waals surface area contributed by atoms with Gasteiger partial charge in [-0.1, -0.05) is 12.2 Å². The van der Waals surface area contributed by atoms with E-state index in [9.17, 15) is 9.90 Å². The number of hydrogen-bond donors (Lipinski definition) is 1. The molecule has 1 saturated heterocycles. The predicted molar refractivity (Wildman–Crippen MR) is 53.2 cm³/mol. The largest absolute Gasteiger partial charge is 0.440 e. The molecular formula is C11H13NO3. The second-order valence-corrected chi connectivity index (χ2v) is 4.12. The van der Waals surface area contributed by atoms with E-state index in [4.69, 9.17) is 4.74 Å². The lowest BCUT2D eigenvalue weighted by Gasteiger charge is -2.25. The molecule has 80 valence electrons. The molecule has 3 aliphatic rings. The Bertz CT molecular complexity index is 385. The van der Waals surface area contributed by atoms with Crippen molar-refractivity contribution in [2.24, 2.45) is 0 Å². The molecule has 0 aromatic rings. The number of ether oxygens (including phenoxy) is 1. The van der Waals surface area contributed by atoms with Crippen molar-refractivity contribution in [2.45, 2.75) is 31.6 Å². The van der Waals surface area contributed by atoms with E-state index >= 15 is 0 Å². The monoisotopic (exact) mass is 207 g/mol. The van der Waals surface area contributed by atoms with E-state index in [1.807, 2.05) is 13.0 Å². The summed E-state index contributed by atoms with van der Waals surface area (Å²) in [6.07, 6.45) is 3.53. The van der Waals surface area contributed by atoms with Crippen molar-refractivity contribution in [1.82, 2.24) is 4.90 Å². The second kappa shape index (κ2) is 2.85. The van der Waals surface area contributed by atoms with Crippen molar-refractivity contribution in [1.29, 1.82) is 0 Å². The van der Waals surface area contributed by atoms with E-state index in [0.29, 0.717) is 6.54 Å². The normalized spacial score (nSPS) is 40.5. The first kappa shape index (κ1) is 8.97. The Hall–Kier alpha value is -1.29. The molecule has 2 aliphatic heterocycles. The van der Waals surface area contributed by atoms with Gasteiger partial charge in [-0.2, -0.15) is 0 Å². The Balaban J connectivity index is 2.10. The lowest BCUT2D eigenvalue weighted by Crippen LogP contribution is -2.38. The molecular weight excluding hydrogens is 194 g/mol. The Labute approximate surface area is 87.8 Å². The summed E-state index contributed by atoms with van der Waals surface area (Å²) in [4.78, 5) is 13.2. The Morgan fingerprint density at radius 2 is 2.47 bits per heavy atom. The number of nitrogens with zero attached hydrogens (tertiary/aromatic N) is 1. The van der Waals surface area contributed by atoms with Crippen LogP contribution in [-0.2, 0) is 4.74 Å². The van der Waals surface area contributed by atoms with Crippen LogP contribution in [0, 0.1) is 0 Å². The first-order valence-electron chi connectivity index (χ1n) is 5.26. The number of carbonyl (C=O) groups excluding carboxylic acids is 1. The molecule has 1 amide bonds. The third-order valence-electron chi connectivity index (χ3n) is 3.45. The van der Waals surface area contributed by atoms with Gasteiger partial charge >= 0.3 is 6.09 Å². The van der Waals surface area contributed by atoms with Gasteiger partial charge in [0.05, 0.1) is 0 Å². The smallest absolute Gasteiger partial charge is 0.410 e. The minimum absolute atomic E-state index is 0.0487. The molecule has 0 radical (unpaired) electrons. The standard InChI is InChI=1S/C11H13NO3/c1-2-6-7-4-3-5-12-8(7)10(9(6)13)15-11(12)14/h2,4,8-10,13H,3,5H2,1H3/b6-2-/t8-,9-,10-/m0/s1. The van der Waals surface area contributed by atoms with E-state index in [2.05, 4.69) is 6.08 Å². The van der Waals surface area contributed by atoms with Gasteiger partial charge in [0.1, 0.15) is 12.1 Å². The first-order valence-corrected chi connectivity index (χ1v) is 5.26. The van der Waals surface area contributed by atoms with Crippen LogP contribution in [0.2, 0.25) is 0 Å². The van der Waals surface area contributed by atoms with E-state index in [1.54, 1.807) is 4.90 Å². The summed E-state index contributed by atoms with van der Waals surface area (Å²) in [6, 6.07) is -0.0487. The van der Waals surface area contributed by atoms with Crippen LogP contribution >= 0.6 is 0 Å². The summed E-state index contributed by atoms with van der Waals surface area (Å²) in [5.41, 5.74) is 1.99. The van der Waals surface area contributed by atoms with E-state index in [-0.39, 0.29) is 12.1 Å². The van der Waals surface area contributed by atoms with Gasteiger partial charge in [-0.3, -0.25) is 4.90 Å². The molecule has 1 N–H and O–H groups in total. The molecule has 2 heterocycles. The molecule has 0 spiro atoms. The molecule has 0 aromatic heterocycles. The number of allylic oxidation sites excluding steroid dienone is 1. The minimum Gasteiger partial charge on any atom is -0.440 e. The molecule has 3 rings (SSSR count). The van der Waals surface area contributed by atoms with Gasteiger partial charge < -0.3 is 9.84 Å². The summed E-state index contributed by atoms with van der Waals surface area (Å²) < 4.78 is 5.20. The SMILES string of the molecule is C/C=C1/C2=CCCN3C(=O)O[C@H]([C@H]1O)[C@H]23. The summed E-state index contributed by atoms with van der Waals surface area (Å²) in [5.74, 6) is 0. The Morgan fingerprint density at radius 1 is 1.67 bits per heavy atom. The summed E-state index contributed by atoms with van der Waals surface area (Å²) in [7, 11) is 0. The topological polar surface area (TPSA) is 49.8 Å². The van der Waals surface area contributed by atoms with Gasteiger partial charge in [0, 0.05) is 6.54 Å². The quantitative estimate of drug-likeness (QED) is 0.640. The molecule has 2 fully saturated rings. The van der Waals surface area contributed by atoms with E-state index < -0.39 is 12.2 Å². The third-order valence-corrected chi connectivity index (χ3v) is 3.45. The van der Waals surface area contributed by atoms with Crippen LogP contribution in [0.15, 0.2) is 23.3 Å². The third kappa shape index (κ3) is 0.973. The molecule has 1 saturated carbocycles. The van der Waals surface area contributed by atoms with Crippen LogP contribution in [0.4, 0.5) is 4.79 Å². The average molecular weight is 207 g/mol. The van der Waals surface area contributed by atoms with Crippen molar-refractivity contribution >= 4 is 6.09 Å². The van der Waals surface area contributed by atoms with Gasteiger partial charge in [-0.15, -0.1) is 0 Å². The van der Waals surface area contributed by atoms with Crippen LogP contribution in [0.25, 0.3) is 0 Å². The molecule has 0 bridgehead atoms. The van der Waals surface area contributed by atoms with Crippen LogP contribution in [0.5, 0.6) is 0 Å². The van der Waals surface area contributed by atoms with Gasteiger partial charge in [0.25, 0.3) is 0 Å². The fourth-order valence-electron chi connectivity index (χ4n) is 2.81. The average Bonchev–Trinajstić information content (AvgIpc) is 2.70. The van der Waals surface area contributed by atoms with Crippen molar-refractivity contribution in [2.75, 3.05) is 6.54 Å². The maximum absolute atomic E-state index is 11.5. The zero-order valence-electron chi connectivity index (χ0n) is 8.51. The van der Waals surface area contributed by atoms with Gasteiger partial charge in [-0.05, 0) is 24.5 Å². The number of aliphatic hydroxyl groups excluding tert-OH is 1. The van der Waals surface area contributed by atoms with Crippen molar-refractivity contribution in [3.63, 3.8) is 0 Å². The summed E-state index contributed by atoms with van der Waals surface area (Å²) in [6.45, 7) is 2.61. The fraction of sp³-hybridized carbons (Fsp3) is 0.545. The van der Waals surface area contributed by atoms with Crippen LogP contribution in [0.3, 0.4) is 0 Å². The molecule has 4 nitrogen and oxygen atoms in total. The summed E-state index contributed by atoms with van der Waals surface area (Å²) >= 11 is 0. The Kier molecular flexibility index (Phi) is 1.71. The summed E-state index contributed by atoms with van der Waals surface area (Å²) in [5, 5.41) is 10.0. The van der Waals surface area contributed by atoms with Gasteiger partial charge in [-0.25, -0.2) is 4.79 Å². The van der Waals surface area contributed by atoms with Crippen molar-refractivity contribution in [3.8, 4) is 0 Å². The fourth-order valence-corrected chi connectivity index (χ4v) is 2.81. The van der Waals surface area contributed by atoms with E-state index in [0.717, 1.165) is 17.6 Å². The van der Waals surface area contributed by atoms with E-state index in [1.165, 1.54) is 0 Å². The first-order chi connectivity index (χ1) is 7.24. The van der Waals surface area contributed by atoms with Crippen molar-refractivity contribution < 1.29 is 14.6 Å². The zero-order chi connectivity index (χ0) is 10.6. The molecule has 15 heavy (non-hydrogen) atoms. The highest BCUT2D eigenvalue weighted by Gasteiger charge is 2.54. The number of carbonyl (C=O) groups is 1. The molecule has 0 aromatic carbocycles. The molecule has 0 unspecified atom stereocenters.